The lowest BCUT2D eigenvalue weighted by molar-refractivity contribution is 1.27. The van der Waals surface area contributed by atoms with Crippen molar-refractivity contribution in [3.05, 3.63) is 54.9 Å². The quantitative estimate of drug-likeness (QED) is 0.700. The normalized spacial score (nSPS) is 14.2. The molecule has 0 aliphatic carbocycles. The van der Waals surface area contributed by atoms with Crippen molar-refractivity contribution in [3.8, 4) is 0 Å². The third kappa shape index (κ3) is 1.16. The molecule has 0 radical (unpaired) electrons. The summed E-state index contributed by atoms with van der Waals surface area (Å²) in [6.45, 7) is 7.71. The average molecular weight is 170 g/mol. The van der Waals surface area contributed by atoms with Crippen LogP contribution in [0.15, 0.2) is 49.3 Å². The van der Waals surface area contributed by atoms with E-state index < -0.39 is 0 Å². The largest absolute Gasteiger partial charge is 0.346 e. The van der Waals surface area contributed by atoms with E-state index in [2.05, 4.69) is 23.5 Å². The summed E-state index contributed by atoms with van der Waals surface area (Å²) in [7, 11) is 0. The molecule has 2 heterocycles. The summed E-state index contributed by atoms with van der Waals surface area (Å²) >= 11 is 0. The lowest BCUT2D eigenvalue weighted by atomic mass is 9.98. The smallest absolute Gasteiger partial charge is 0.137 e. The van der Waals surface area contributed by atoms with Crippen molar-refractivity contribution >= 4 is 11.4 Å². The van der Waals surface area contributed by atoms with Crippen LogP contribution in [0.1, 0.15) is 5.56 Å². The van der Waals surface area contributed by atoms with Gasteiger partial charge >= 0.3 is 0 Å². The number of allylic oxidation sites excluding steroid dienone is 3. The van der Waals surface area contributed by atoms with Crippen LogP contribution in [0.2, 0.25) is 0 Å². The van der Waals surface area contributed by atoms with Gasteiger partial charge in [0.2, 0.25) is 0 Å². The van der Waals surface area contributed by atoms with Gasteiger partial charge in [-0.2, -0.15) is 0 Å². The molecule has 0 fully saturated rings. The number of nitrogens with zero attached hydrogens (tertiary/aromatic N) is 1. The highest BCUT2D eigenvalue weighted by Gasteiger charge is 2.12. The zero-order chi connectivity index (χ0) is 9.26. The Balaban J connectivity index is 2.53. The summed E-state index contributed by atoms with van der Waals surface area (Å²) in [5, 5.41) is 3.09. The zero-order valence-corrected chi connectivity index (χ0v) is 7.25. The molecule has 0 amide bonds. The zero-order valence-electron chi connectivity index (χ0n) is 7.25. The molecule has 0 bridgehead atoms. The minimum absolute atomic E-state index is 0.859. The second-order valence-electron chi connectivity index (χ2n) is 2.83. The molecule has 0 saturated carbocycles. The second kappa shape index (κ2) is 2.90. The average Bonchev–Trinajstić information content (AvgIpc) is 2.19. The third-order valence-electron chi connectivity index (χ3n) is 2.07. The molecule has 0 unspecified atom stereocenters. The first-order valence-corrected chi connectivity index (χ1v) is 4.06. The van der Waals surface area contributed by atoms with E-state index in [1.807, 2.05) is 18.3 Å². The maximum atomic E-state index is 4.19. The second-order valence-corrected chi connectivity index (χ2v) is 2.83. The SMILES string of the molecule is C=CC1=CNc2ncccc2C1=C. The van der Waals surface area contributed by atoms with Crippen LogP contribution in [0.3, 0.4) is 0 Å². The summed E-state index contributed by atoms with van der Waals surface area (Å²) in [6, 6.07) is 3.89. The first-order chi connectivity index (χ1) is 6.33. The number of aromatic nitrogens is 1. The van der Waals surface area contributed by atoms with Gasteiger partial charge in [0, 0.05) is 18.0 Å². The Labute approximate surface area is 77.3 Å². The molecular weight excluding hydrogens is 160 g/mol. The van der Waals surface area contributed by atoms with Crippen LogP contribution in [0, 0.1) is 0 Å². The number of hydrogen-bond donors (Lipinski definition) is 1. The lowest BCUT2D eigenvalue weighted by Crippen LogP contribution is -2.04. The van der Waals surface area contributed by atoms with Gasteiger partial charge in [0.05, 0.1) is 0 Å². The van der Waals surface area contributed by atoms with Crippen LogP contribution >= 0.6 is 0 Å². The highest BCUT2D eigenvalue weighted by molar-refractivity contribution is 5.88. The Hall–Kier alpha value is -1.83. The van der Waals surface area contributed by atoms with Gasteiger partial charge in [0.1, 0.15) is 5.82 Å². The lowest BCUT2D eigenvalue weighted by Gasteiger charge is -2.17. The van der Waals surface area contributed by atoms with Gasteiger partial charge in [-0.3, -0.25) is 0 Å². The molecule has 0 saturated heterocycles. The van der Waals surface area contributed by atoms with E-state index in [0.29, 0.717) is 0 Å². The van der Waals surface area contributed by atoms with Gasteiger partial charge in [-0.1, -0.05) is 19.2 Å². The molecule has 2 heteroatoms. The van der Waals surface area contributed by atoms with Crippen LogP contribution < -0.4 is 5.32 Å². The van der Waals surface area contributed by atoms with E-state index in [1.54, 1.807) is 12.3 Å². The van der Waals surface area contributed by atoms with Crippen LogP contribution in [0.5, 0.6) is 0 Å². The maximum absolute atomic E-state index is 4.19. The summed E-state index contributed by atoms with van der Waals surface area (Å²) < 4.78 is 0. The molecule has 0 spiro atoms. The van der Waals surface area contributed by atoms with Crippen molar-refractivity contribution in [1.82, 2.24) is 4.98 Å². The molecular formula is C11H10N2. The van der Waals surface area contributed by atoms with E-state index in [0.717, 1.165) is 22.5 Å². The number of pyridine rings is 1. The van der Waals surface area contributed by atoms with Crippen molar-refractivity contribution in [1.29, 1.82) is 0 Å². The van der Waals surface area contributed by atoms with Gasteiger partial charge in [-0.25, -0.2) is 4.98 Å². The Morgan fingerprint density at radius 2 is 2.31 bits per heavy atom. The van der Waals surface area contributed by atoms with Gasteiger partial charge < -0.3 is 5.32 Å². The number of hydrogen-bond acceptors (Lipinski definition) is 2. The van der Waals surface area contributed by atoms with Crippen molar-refractivity contribution in [2.75, 3.05) is 5.32 Å². The van der Waals surface area contributed by atoms with Crippen LogP contribution in [0.25, 0.3) is 5.57 Å². The summed E-state index contributed by atoms with van der Waals surface area (Å²) in [4.78, 5) is 4.19. The summed E-state index contributed by atoms with van der Waals surface area (Å²) in [5.41, 5.74) is 3.03. The van der Waals surface area contributed by atoms with Gasteiger partial charge in [0.25, 0.3) is 0 Å². The number of rotatable bonds is 1. The first kappa shape index (κ1) is 7.80. The number of anilines is 1. The molecule has 0 atom stereocenters. The maximum Gasteiger partial charge on any atom is 0.137 e. The molecule has 1 aromatic heterocycles. The van der Waals surface area contributed by atoms with Gasteiger partial charge in [-0.15, -0.1) is 0 Å². The fourth-order valence-electron chi connectivity index (χ4n) is 1.33. The fraction of sp³-hybridized carbons (Fsp3) is 0. The van der Waals surface area contributed by atoms with E-state index in [1.165, 1.54) is 0 Å². The van der Waals surface area contributed by atoms with E-state index >= 15 is 0 Å². The third-order valence-corrected chi connectivity index (χ3v) is 2.07. The highest BCUT2D eigenvalue weighted by Crippen LogP contribution is 2.30. The van der Waals surface area contributed by atoms with E-state index in [9.17, 15) is 0 Å². The van der Waals surface area contributed by atoms with Crippen LogP contribution in [-0.4, -0.2) is 4.98 Å². The molecule has 2 nitrogen and oxygen atoms in total. The molecule has 13 heavy (non-hydrogen) atoms. The Kier molecular flexibility index (Phi) is 1.74. The standard InChI is InChI=1S/C11H10N2/c1-3-9-7-13-11-10(8(9)2)5-4-6-12-11/h3-7H,1-2H2,(H,12,13). The molecule has 2 rings (SSSR count). The van der Waals surface area contributed by atoms with E-state index in [-0.39, 0.29) is 0 Å². The molecule has 0 aromatic carbocycles. The van der Waals surface area contributed by atoms with Crippen molar-refractivity contribution < 1.29 is 0 Å². The Morgan fingerprint density at radius 1 is 1.46 bits per heavy atom. The van der Waals surface area contributed by atoms with Crippen LogP contribution in [0.4, 0.5) is 5.82 Å². The fourth-order valence-corrected chi connectivity index (χ4v) is 1.33. The van der Waals surface area contributed by atoms with Gasteiger partial charge in [0.15, 0.2) is 0 Å². The highest BCUT2D eigenvalue weighted by atomic mass is 15.0. The molecule has 1 N–H and O–H groups in total. The minimum atomic E-state index is 0.859. The summed E-state index contributed by atoms with van der Waals surface area (Å²) in [6.07, 6.45) is 5.40. The monoisotopic (exact) mass is 170 g/mol. The Morgan fingerprint density at radius 3 is 3.08 bits per heavy atom. The van der Waals surface area contributed by atoms with Crippen molar-refractivity contribution in [3.63, 3.8) is 0 Å². The van der Waals surface area contributed by atoms with Crippen molar-refractivity contribution in [2.24, 2.45) is 0 Å². The first-order valence-electron chi connectivity index (χ1n) is 4.06. The predicted octanol–water partition coefficient (Wildman–Crippen LogP) is 2.59. The molecule has 1 aliphatic rings. The van der Waals surface area contributed by atoms with Gasteiger partial charge in [-0.05, 0) is 23.3 Å². The number of nitrogens with one attached hydrogen (secondary N) is 1. The van der Waals surface area contributed by atoms with Crippen LogP contribution in [-0.2, 0) is 0 Å². The Bertz CT molecular complexity index is 402. The van der Waals surface area contributed by atoms with E-state index in [4.69, 9.17) is 0 Å². The van der Waals surface area contributed by atoms with Crippen molar-refractivity contribution in [2.45, 2.75) is 0 Å². The topological polar surface area (TPSA) is 24.9 Å². The minimum Gasteiger partial charge on any atom is -0.346 e. The molecule has 1 aromatic rings. The molecule has 64 valence electrons. The summed E-state index contributed by atoms with van der Waals surface area (Å²) in [5.74, 6) is 0.859. The predicted molar refractivity (Wildman–Crippen MR) is 55.2 cm³/mol. The molecule has 1 aliphatic heterocycles. The number of fused-ring (bicyclic) bond motifs is 1.